The highest BCUT2D eigenvalue weighted by atomic mass is 32.1. The van der Waals surface area contributed by atoms with Crippen molar-refractivity contribution in [3.05, 3.63) is 64.3 Å². The molecule has 0 saturated carbocycles. The number of hydrogen-bond acceptors (Lipinski definition) is 4. The van der Waals surface area contributed by atoms with Crippen molar-refractivity contribution in [2.24, 2.45) is 0 Å². The van der Waals surface area contributed by atoms with Crippen LogP contribution in [0.3, 0.4) is 0 Å². The number of thiophene rings is 1. The molecule has 0 radical (unpaired) electrons. The Bertz CT molecular complexity index is 1110. The first-order valence-electron chi connectivity index (χ1n) is 8.83. The molecule has 142 valence electrons. The molecular formula is C21H17FN2O3S. The highest BCUT2D eigenvalue weighted by Gasteiger charge is 2.26. The molecule has 1 aromatic heterocycles. The van der Waals surface area contributed by atoms with Crippen molar-refractivity contribution in [2.45, 2.75) is 25.7 Å². The van der Waals surface area contributed by atoms with Gasteiger partial charge in [0.15, 0.2) is 0 Å². The molecule has 5 nitrogen and oxygen atoms in total. The van der Waals surface area contributed by atoms with Crippen LogP contribution in [0.25, 0.3) is 10.1 Å². The van der Waals surface area contributed by atoms with E-state index in [0.717, 1.165) is 21.2 Å². The first-order chi connectivity index (χ1) is 13.4. The molecule has 4 rings (SSSR count). The van der Waals surface area contributed by atoms with E-state index in [4.69, 9.17) is 0 Å². The highest BCUT2D eigenvalue weighted by Crippen LogP contribution is 2.32. The van der Waals surface area contributed by atoms with E-state index in [1.165, 1.54) is 23.5 Å². The minimum absolute atomic E-state index is 0.202. The average Bonchev–Trinajstić information content (AvgIpc) is 2.97. The summed E-state index contributed by atoms with van der Waals surface area (Å²) in [5.74, 6) is -1.38. The molecule has 3 aromatic rings. The summed E-state index contributed by atoms with van der Waals surface area (Å²) in [6.45, 7) is 1.84. The summed E-state index contributed by atoms with van der Waals surface area (Å²) < 4.78 is 14.2. The van der Waals surface area contributed by atoms with E-state index >= 15 is 0 Å². The van der Waals surface area contributed by atoms with Crippen molar-refractivity contribution < 1.29 is 18.8 Å². The molecule has 3 amide bonds. The smallest absolute Gasteiger partial charge is 0.266 e. The molecule has 1 fully saturated rings. The van der Waals surface area contributed by atoms with Gasteiger partial charge < -0.3 is 5.32 Å². The minimum Gasteiger partial charge on any atom is -0.321 e. The van der Waals surface area contributed by atoms with Crippen molar-refractivity contribution in [3.8, 4) is 0 Å². The highest BCUT2D eigenvalue weighted by molar-refractivity contribution is 7.21. The van der Waals surface area contributed by atoms with Gasteiger partial charge in [-0.15, -0.1) is 11.3 Å². The number of imide groups is 1. The Morgan fingerprint density at radius 1 is 1.14 bits per heavy atom. The number of aryl methyl sites for hydroxylation is 1. The Morgan fingerprint density at radius 2 is 1.89 bits per heavy atom. The van der Waals surface area contributed by atoms with Crippen LogP contribution in [-0.2, 0) is 9.59 Å². The third-order valence-electron chi connectivity index (χ3n) is 4.86. The normalized spacial score (nSPS) is 14.9. The number of anilines is 1. The number of benzene rings is 2. The quantitative estimate of drug-likeness (QED) is 0.654. The predicted molar refractivity (Wildman–Crippen MR) is 106 cm³/mol. The van der Waals surface area contributed by atoms with Crippen LogP contribution in [0.4, 0.5) is 10.1 Å². The van der Waals surface area contributed by atoms with Gasteiger partial charge in [0.2, 0.25) is 11.8 Å². The number of carbonyl (C=O) groups excluding carboxylic acids is 3. The fraction of sp³-hybridized carbons (Fsp3) is 0.190. The maximum atomic E-state index is 13.5. The number of carbonyl (C=O) groups is 3. The molecule has 0 aliphatic carbocycles. The molecule has 2 heterocycles. The number of hydrogen-bond donors (Lipinski definition) is 2. The molecule has 1 aliphatic rings. The summed E-state index contributed by atoms with van der Waals surface area (Å²) in [4.78, 5) is 36.5. The second-order valence-electron chi connectivity index (χ2n) is 6.85. The van der Waals surface area contributed by atoms with Crippen LogP contribution in [0.5, 0.6) is 0 Å². The van der Waals surface area contributed by atoms with Crippen LogP contribution < -0.4 is 10.6 Å². The van der Waals surface area contributed by atoms with Crippen LogP contribution in [0, 0.1) is 12.7 Å². The molecule has 0 unspecified atom stereocenters. The lowest BCUT2D eigenvalue weighted by atomic mass is 9.89. The summed E-state index contributed by atoms with van der Waals surface area (Å²) in [5, 5.41) is 6.02. The predicted octanol–water partition coefficient (Wildman–Crippen LogP) is 4.12. The summed E-state index contributed by atoms with van der Waals surface area (Å²) in [6, 6.07) is 11.7. The van der Waals surface area contributed by atoms with Crippen LogP contribution in [0.2, 0.25) is 0 Å². The van der Waals surface area contributed by atoms with Gasteiger partial charge in [0.05, 0.1) is 4.88 Å². The van der Waals surface area contributed by atoms with E-state index in [2.05, 4.69) is 10.6 Å². The van der Waals surface area contributed by atoms with Gasteiger partial charge in [-0.25, -0.2) is 4.39 Å². The van der Waals surface area contributed by atoms with Crippen LogP contribution in [-0.4, -0.2) is 17.7 Å². The van der Waals surface area contributed by atoms with E-state index < -0.39 is 0 Å². The Balaban J connectivity index is 1.58. The lowest BCUT2D eigenvalue weighted by Crippen LogP contribution is -2.37. The summed E-state index contributed by atoms with van der Waals surface area (Å²) in [6.07, 6.45) is 0.480. The number of amides is 3. The van der Waals surface area contributed by atoms with E-state index in [0.29, 0.717) is 10.6 Å². The zero-order valence-corrected chi connectivity index (χ0v) is 15.9. The Hall–Kier alpha value is -3.06. The van der Waals surface area contributed by atoms with Gasteiger partial charge in [-0.3, -0.25) is 19.7 Å². The molecule has 0 spiro atoms. The van der Waals surface area contributed by atoms with E-state index in [1.807, 2.05) is 13.0 Å². The van der Waals surface area contributed by atoms with Crippen molar-refractivity contribution in [3.63, 3.8) is 0 Å². The second kappa shape index (κ2) is 7.16. The number of fused-ring (bicyclic) bond motifs is 1. The number of piperidine rings is 1. The first-order valence-corrected chi connectivity index (χ1v) is 9.65. The fourth-order valence-corrected chi connectivity index (χ4v) is 4.62. The standard InChI is InChI=1S/C21H17FN2O3S/c1-11-16-6-5-14(22)10-17(16)28-20(11)21(27)23-15-4-2-3-12(7-15)13-8-18(25)24-19(26)9-13/h2-7,10,13H,8-9H2,1H3,(H,23,27)(H,24,25,26). The van der Waals surface area contributed by atoms with E-state index in [1.54, 1.807) is 24.3 Å². The molecule has 2 N–H and O–H groups in total. The van der Waals surface area contributed by atoms with Gasteiger partial charge >= 0.3 is 0 Å². The average molecular weight is 396 g/mol. The second-order valence-corrected chi connectivity index (χ2v) is 7.90. The molecule has 1 saturated heterocycles. The summed E-state index contributed by atoms with van der Waals surface area (Å²) in [7, 11) is 0. The van der Waals surface area contributed by atoms with Crippen molar-refractivity contribution in [2.75, 3.05) is 5.32 Å². The van der Waals surface area contributed by atoms with Crippen LogP contribution in [0.1, 0.15) is 39.6 Å². The van der Waals surface area contributed by atoms with E-state index in [-0.39, 0.29) is 42.3 Å². The lowest BCUT2D eigenvalue weighted by Gasteiger charge is -2.21. The van der Waals surface area contributed by atoms with Gasteiger partial charge in [-0.2, -0.15) is 0 Å². The third-order valence-corrected chi connectivity index (χ3v) is 6.12. The van der Waals surface area contributed by atoms with Gasteiger partial charge in [-0.1, -0.05) is 18.2 Å². The molecular weight excluding hydrogens is 379 g/mol. The summed E-state index contributed by atoms with van der Waals surface area (Å²) >= 11 is 1.25. The SMILES string of the molecule is Cc1c(C(=O)Nc2cccc(C3CC(=O)NC(=O)C3)c2)sc2cc(F)ccc12. The van der Waals surface area contributed by atoms with Crippen molar-refractivity contribution >= 4 is 44.8 Å². The van der Waals surface area contributed by atoms with Crippen LogP contribution >= 0.6 is 11.3 Å². The van der Waals surface area contributed by atoms with Gasteiger partial charge in [-0.05, 0) is 47.7 Å². The van der Waals surface area contributed by atoms with Gasteiger partial charge in [0.1, 0.15) is 5.82 Å². The molecule has 0 bridgehead atoms. The lowest BCUT2D eigenvalue weighted by molar-refractivity contribution is -0.133. The Labute approximate surface area is 164 Å². The molecule has 1 aliphatic heterocycles. The van der Waals surface area contributed by atoms with Crippen LogP contribution in [0.15, 0.2) is 42.5 Å². The Morgan fingerprint density at radius 3 is 2.64 bits per heavy atom. The fourth-order valence-electron chi connectivity index (χ4n) is 3.49. The molecule has 7 heteroatoms. The Kier molecular flexibility index (Phi) is 4.68. The maximum Gasteiger partial charge on any atom is 0.266 e. The van der Waals surface area contributed by atoms with Gasteiger partial charge in [0, 0.05) is 29.1 Å². The zero-order valence-electron chi connectivity index (χ0n) is 15.0. The topological polar surface area (TPSA) is 75.3 Å². The van der Waals surface area contributed by atoms with Crippen molar-refractivity contribution in [1.82, 2.24) is 5.32 Å². The number of halogens is 1. The van der Waals surface area contributed by atoms with E-state index in [9.17, 15) is 18.8 Å². The first kappa shape index (κ1) is 18.3. The third kappa shape index (κ3) is 3.53. The molecule has 0 atom stereocenters. The molecule has 28 heavy (non-hydrogen) atoms. The summed E-state index contributed by atoms with van der Waals surface area (Å²) in [5.41, 5.74) is 2.23. The number of rotatable bonds is 3. The minimum atomic E-state index is -0.334. The zero-order chi connectivity index (χ0) is 19.8. The monoisotopic (exact) mass is 396 g/mol. The number of nitrogens with one attached hydrogen (secondary N) is 2. The van der Waals surface area contributed by atoms with Gasteiger partial charge in [0.25, 0.3) is 5.91 Å². The largest absolute Gasteiger partial charge is 0.321 e. The maximum absolute atomic E-state index is 13.5. The molecule has 2 aromatic carbocycles. The van der Waals surface area contributed by atoms with Crippen molar-refractivity contribution in [1.29, 1.82) is 0 Å².